The second-order valence-corrected chi connectivity index (χ2v) is 1.77. The topological polar surface area (TPSA) is 45.7 Å². The number of nitrogens with zero attached hydrogens (tertiary/aromatic N) is 1. The summed E-state index contributed by atoms with van der Waals surface area (Å²) in [6.45, 7) is 1.90. The van der Waals surface area contributed by atoms with E-state index >= 15 is 0 Å². The van der Waals surface area contributed by atoms with E-state index in [1.165, 1.54) is 6.21 Å². The summed E-state index contributed by atoms with van der Waals surface area (Å²) in [4.78, 5) is 0. The van der Waals surface area contributed by atoms with Crippen LogP contribution in [0.3, 0.4) is 0 Å². The summed E-state index contributed by atoms with van der Waals surface area (Å²) >= 11 is 0. The molecular weight excluding hydrogens is 118 g/mol. The zero-order valence-electron chi connectivity index (χ0n) is 5.03. The van der Waals surface area contributed by atoms with Gasteiger partial charge in [0.25, 0.3) is 0 Å². The number of oxime groups is 1. The summed E-state index contributed by atoms with van der Waals surface area (Å²) in [6.07, 6.45) is 2.84. The van der Waals surface area contributed by atoms with Crippen LogP contribution in [0.2, 0.25) is 0 Å². The van der Waals surface area contributed by atoms with E-state index in [0.29, 0.717) is 5.76 Å². The molecule has 0 atom stereocenters. The van der Waals surface area contributed by atoms with Gasteiger partial charge in [0.05, 0.1) is 6.26 Å². The van der Waals surface area contributed by atoms with Crippen LogP contribution in [0.4, 0.5) is 0 Å². The SMILES string of the molecule is Cc1coc(C=NO)c1. The van der Waals surface area contributed by atoms with Crippen LogP contribution < -0.4 is 0 Å². The van der Waals surface area contributed by atoms with Crippen LogP contribution in [0.5, 0.6) is 0 Å². The van der Waals surface area contributed by atoms with Crippen molar-refractivity contribution in [2.24, 2.45) is 5.16 Å². The molecule has 1 aromatic rings. The number of rotatable bonds is 1. The summed E-state index contributed by atoms with van der Waals surface area (Å²) in [5.41, 5.74) is 1.02. The van der Waals surface area contributed by atoms with Crippen molar-refractivity contribution < 1.29 is 9.62 Å². The first kappa shape index (κ1) is 5.88. The van der Waals surface area contributed by atoms with Gasteiger partial charge < -0.3 is 9.62 Å². The summed E-state index contributed by atoms with van der Waals surface area (Å²) in [6, 6.07) is 1.78. The Labute approximate surface area is 52.6 Å². The Morgan fingerprint density at radius 1 is 1.78 bits per heavy atom. The number of aryl methyl sites for hydroxylation is 1. The Kier molecular flexibility index (Phi) is 1.53. The quantitative estimate of drug-likeness (QED) is 0.350. The molecule has 0 saturated heterocycles. The molecule has 0 aromatic carbocycles. The van der Waals surface area contributed by atoms with E-state index in [0.717, 1.165) is 5.56 Å². The zero-order valence-corrected chi connectivity index (χ0v) is 5.03. The third kappa shape index (κ3) is 1.32. The average Bonchev–Trinajstić information content (AvgIpc) is 2.17. The number of hydrogen-bond acceptors (Lipinski definition) is 3. The largest absolute Gasteiger partial charge is 0.463 e. The second kappa shape index (κ2) is 2.35. The molecule has 0 spiro atoms. The van der Waals surface area contributed by atoms with Crippen LogP contribution in [0, 0.1) is 6.92 Å². The maximum atomic E-state index is 8.04. The van der Waals surface area contributed by atoms with Gasteiger partial charge in [-0.25, -0.2) is 0 Å². The molecule has 3 heteroatoms. The van der Waals surface area contributed by atoms with E-state index in [-0.39, 0.29) is 0 Å². The molecule has 0 radical (unpaired) electrons. The highest BCUT2D eigenvalue weighted by Crippen LogP contribution is 2.02. The molecule has 0 aliphatic rings. The van der Waals surface area contributed by atoms with E-state index in [4.69, 9.17) is 9.62 Å². The fraction of sp³-hybridized carbons (Fsp3) is 0.167. The maximum absolute atomic E-state index is 8.04. The standard InChI is InChI=1S/C6H7NO2/c1-5-2-6(3-7-8)9-4-5/h2-4,8H,1H3. The molecule has 1 N–H and O–H groups in total. The van der Waals surface area contributed by atoms with Crippen LogP contribution in [-0.2, 0) is 0 Å². The Bertz CT molecular complexity index is 215. The molecule has 0 saturated carbocycles. The van der Waals surface area contributed by atoms with Crippen molar-refractivity contribution in [1.29, 1.82) is 0 Å². The summed E-state index contributed by atoms with van der Waals surface area (Å²) in [7, 11) is 0. The molecule has 9 heavy (non-hydrogen) atoms. The second-order valence-electron chi connectivity index (χ2n) is 1.77. The average molecular weight is 125 g/mol. The molecule has 0 bridgehead atoms. The van der Waals surface area contributed by atoms with Gasteiger partial charge in [-0.3, -0.25) is 0 Å². The number of hydrogen-bond donors (Lipinski definition) is 1. The van der Waals surface area contributed by atoms with Crippen molar-refractivity contribution >= 4 is 6.21 Å². The maximum Gasteiger partial charge on any atom is 0.148 e. The van der Waals surface area contributed by atoms with Gasteiger partial charge in [0.2, 0.25) is 0 Å². The minimum Gasteiger partial charge on any atom is -0.463 e. The lowest BCUT2D eigenvalue weighted by Gasteiger charge is -1.74. The lowest BCUT2D eigenvalue weighted by atomic mass is 10.3. The predicted molar refractivity (Wildman–Crippen MR) is 32.8 cm³/mol. The van der Waals surface area contributed by atoms with Gasteiger partial charge in [-0.1, -0.05) is 5.16 Å². The molecule has 3 nitrogen and oxygen atoms in total. The monoisotopic (exact) mass is 125 g/mol. The van der Waals surface area contributed by atoms with Crippen molar-refractivity contribution in [1.82, 2.24) is 0 Å². The summed E-state index contributed by atoms with van der Waals surface area (Å²) < 4.78 is 4.90. The Morgan fingerprint density at radius 2 is 2.56 bits per heavy atom. The van der Waals surface area contributed by atoms with E-state index in [9.17, 15) is 0 Å². The highest BCUT2D eigenvalue weighted by Gasteiger charge is 1.91. The predicted octanol–water partition coefficient (Wildman–Crippen LogP) is 1.40. The Balaban J connectivity index is 2.85. The van der Waals surface area contributed by atoms with Crippen LogP contribution in [0.15, 0.2) is 21.9 Å². The van der Waals surface area contributed by atoms with Crippen LogP contribution in [-0.4, -0.2) is 11.4 Å². The zero-order chi connectivity index (χ0) is 6.69. The minimum atomic E-state index is 0.565. The van der Waals surface area contributed by atoms with Gasteiger partial charge in [-0.05, 0) is 18.6 Å². The molecule has 0 unspecified atom stereocenters. The molecular formula is C6H7NO2. The van der Waals surface area contributed by atoms with E-state index in [2.05, 4.69) is 5.16 Å². The summed E-state index contributed by atoms with van der Waals surface area (Å²) in [5.74, 6) is 0.565. The van der Waals surface area contributed by atoms with Crippen LogP contribution in [0.25, 0.3) is 0 Å². The Hall–Kier alpha value is -1.25. The van der Waals surface area contributed by atoms with Crippen molar-refractivity contribution in [3.8, 4) is 0 Å². The van der Waals surface area contributed by atoms with E-state index < -0.39 is 0 Å². The fourth-order valence-corrected chi connectivity index (χ4v) is 0.578. The molecule has 48 valence electrons. The lowest BCUT2D eigenvalue weighted by molar-refractivity contribution is 0.320. The molecule has 0 fully saturated rings. The fourth-order valence-electron chi connectivity index (χ4n) is 0.578. The van der Waals surface area contributed by atoms with Crippen LogP contribution in [0.1, 0.15) is 11.3 Å². The van der Waals surface area contributed by atoms with E-state index in [1.54, 1.807) is 12.3 Å². The first-order chi connectivity index (χ1) is 4.33. The molecule has 0 aliphatic heterocycles. The van der Waals surface area contributed by atoms with E-state index in [1.807, 2.05) is 6.92 Å². The van der Waals surface area contributed by atoms with Gasteiger partial charge in [0, 0.05) is 0 Å². The van der Waals surface area contributed by atoms with Gasteiger partial charge >= 0.3 is 0 Å². The smallest absolute Gasteiger partial charge is 0.148 e. The number of furan rings is 1. The highest BCUT2D eigenvalue weighted by molar-refractivity contribution is 5.75. The van der Waals surface area contributed by atoms with Crippen molar-refractivity contribution in [3.05, 3.63) is 23.7 Å². The molecule has 0 aliphatic carbocycles. The summed E-state index contributed by atoms with van der Waals surface area (Å²) in [5, 5.41) is 10.8. The first-order valence-corrected chi connectivity index (χ1v) is 2.55. The van der Waals surface area contributed by atoms with Crippen molar-refractivity contribution in [2.45, 2.75) is 6.92 Å². The minimum absolute atomic E-state index is 0.565. The van der Waals surface area contributed by atoms with Crippen molar-refractivity contribution in [3.63, 3.8) is 0 Å². The molecule has 0 amide bonds. The van der Waals surface area contributed by atoms with Crippen LogP contribution >= 0.6 is 0 Å². The third-order valence-corrected chi connectivity index (χ3v) is 0.936. The van der Waals surface area contributed by atoms with Gasteiger partial charge in [-0.15, -0.1) is 0 Å². The lowest BCUT2D eigenvalue weighted by Crippen LogP contribution is -1.71. The van der Waals surface area contributed by atoms with Crippen molar-refractivity contribution in [2.75, 3.05) is 0 Å². The van der Waals surface area contributed by atoms with Gasteiger partial charge in [0.15, 0.2) is 0 Å². The Morgan fingerprint density at radius 3 is 3.00 bits per heavy atom. The van der Waals surface area contributed by atoms with Gasteiger partial charge in [0.1, 0.15) is 12.0 Å². The third-order valence-electron chi connectivity index (χ3n) is 0.936. The molecule has 1 rings (SSSR count). The normalized spacial score (nSPS) is 10.8. The highest BCUT2D eigenvalue weighted by atomic mass is 16.4. The molecule has 1 heterocycles. The van der Waals surface area contributed by atoms with Gasteiger partial charge in [-0.2, -0.15) is 0 Å². The first-order valence-electron chi connectivity index (χ1n) is 2.55. The molecule has 1 aromatic heterocycles.